The molecule has 1 unspecified atom stereocenters. The fourth-order valence-corrected chi connectivity index (χ4v) is 1.38. The van der Waals surface area contributed by atoms with E-state index in [4.69, 9.17) is 10.5 Å². The number of hydrogen-bond donors (Lipinski definition) is 2. The number of hydrogen-bond acceptors (Lipinski definition) is 5. The van der Waals surface area contributed by atoms with Gasteiger partial charge in [-0.25, -0.2) is 0 Å². The smallest absolute Gasteiger partial charge is 0.275 e. The molecular formula is C12H19N3O3. The van der Waals surface area contributed by atoms with Gasteiger partial charge in [-0.15, -0.1) is 0 Å². The van der Waals surface area contributed by atoms with Crippen LogP contribution in [0.25, 0.3) is 0 Å². The first-order valence-corrected chi connectivity index (χ1v) is 5.77. The molecule has 0 spiro atoms. The predicted octanol–water partition coefficient (Wildman–Crippen LogP) is 2.00. The van der Waals surface area contributed by atoms with Crippen LogP contribution in [0.4, 0.5) is 11.4 Å². The Balaban J connectivity index is 2.81. The van der Waals surface area contributed by atoms with Crippen molar-refractivity contribution < 1.29 is 9.66 Å². The molecule has 0 bridgehead atoms. The van der Waals surface area contributed by atoms with E-state index in [-0.39, 0.29) is 11.7 Å². The molecule has 1 aromatic rings. The van der Waals surface area contributed by atoms with Gasteiger partial charge in [0.2, 0.25) is 0 Å². The molecular weight excluding hydrogens is 234 g/mol. The molecule has 0 saturated heterocycles. The third-order valence-corrected chi connectivity index (χ3v) is 2.74. The number of nitrogens with zero attached hydrogens (tertiary/aromatic N) is 1. The standard InChI is InChI=1S/C12H19N3O3/c1-8(2)12(13)7-14-9-4-10(15(16)17)6-11(5-9)18-3/h4-6,8,12,14H,7,13H2,1-3H3. The van der Waals surface area contributed by atoms with Crippen molar-refractivity contribution in [1.29, 1.82) is 0 Å². The molecule has 0 aliphatic carbocycles. The number of rotatable bonds is 6. The Bertz CT molecular complexity index is 421. The number of nitro benzene ring substituents is 1. The highest BCUT2D eigenvalue weighted by Crippen LogP contribution is 2.25. The number of non-ortho nitro benzene ring substituents is 1. The maximum atomic E-state index is 10.8. The third kappa shape index (κ3) is 3.89. The van der Waals surface area contributed by atoms with Gasteiger partial charge in [0.25, 0.3) is 5.69 Å². The van der Waals surface area contributed by atoms with Crippen LogP contribution in [0.15, 0.2) is 18.2 Å². The Labute approximate surface area is 106 Å². The SMILES string of the molecule is COc1cc(NCC(N)C(C)C)cc([N+](=O)[O-])c1. The lowest BCUT2D eigenvalue weighted by Crippen LogP contribution is -2.33. The van der Waals surface area contributed by atoms with Crippen molar-refractivity contribution in [3.63, 3.8) is 0 Å². The van der Waals surface area contributed by atoms with Crippen molar-refractivity contribution in [1.82, 2.24) is 0 Å². The Morgan fingerprint density at radius 1 is 1.44 bits per heavy atom. The zero-order valence-corrected chi connectivity index (χ0v) is 10.8. The van der Waals surface area contributed by atoms with Crippen molar-refractivity contribution in [2.24, 2.45) is 11.7 Å². The second-order valence-corrected chi connectivity index (χ2v) is 4.47. The zero-order valence-electron chi connectivity index (χ0n) is 10.8. The summed E-state index contributed by atoms with van der Waals surface area (Å²) in [6.45, 7) is 4.61. The first-order valence-electron chi connectivity index (χ1n) is 5.77. The second-order valence-electron chi connectivity index (χ2n) is 4.47. The summed E-state index contributed by atoms with van der Waals surface area (Å²) in [6.07, 6.45) is 0. The van der Waals surface area contributed by atoms with Crippen LogP contribution in [-0.2, 0) is 0 Å². The molecule has 0 aliphatic rings. The molecule has 6 heteroatoms. The van der Waals surface area contributed by atoms with Gasteiger partial charge in [0.1, 0.15) is 5.75 Å². The monoisotopic (exact) mass is 253 g/mol. The molecule has 1 rings (SSSR count). The minimum atomic E-state index is -0.448. The van der Waals surface area contributed by atoms with Crippen LogP contribution in [0.3, 0.4) is 0 Å². The van der Waals surface area contributed by atoms with Gasteiger partial charge in [0, 0.05) is 30.4 Å². The topological polar surface area (TPSA) is 90.4 Å². The van der Waals surface area contributed by atoms with E-state index in [0.29, 0.717) is 23.9 Å². The number of benzene rings is 1. The lowest BCUT2D eigenvalue weighted by atomic mass is 10.1. The van der Waals surface area contributed by atoms with E-state index in [0.717, 1.165) is 0 Å². The molecule has 0 fully saturated rings. The molecule has 1 aromatic carbocycles. The van der Waals surface area contributed by atoms with E-state index in [1.54, 1.807) is 6.07 Å². The summed E-state index contributed by atoms with van der Waals surface area (Å²) in [6, 6.07) is 4.55. The van der Waals surface area contributed by atoms with Crippen LogP contribution in [0.2, 0.25) is 0 Å². The number of anilines is 1. The van der Waals surface area contributed by atoms with Crippen molar-refractivity contribution in [2.45, 2.75) is 19.9 Å². The molecule has 18 heavy (non-hydrogen) atoms. The van der Waals surface area contributed by atoms with E-state index >= 15 is 0 Å². The molecule has 3 N–H and O–H groups in total. The predicted molar refractivity (Wildman–Crippen MR) is 71.0 cm³/mol. The zero-order chi connectivity index (χ0) is 13.7. The van der Waals surface area contributed by atoms with E-state index in [9.17, 15) is 10.1 Å². The number of methoxy groups -OCH3 is 1. The van der Waals surface area contributed by atoms with Crippen molar-refractivity contribution >= 4 is 11.4 Å². The minimum absolute atomic E-state index is 0.00439. The molecule has 6 nitrogen and oxygen atoms in total. The number of nitro groups is 1. The van der Waals surface area contributed by atoms with Crippen LogP contribution in [-0.4, -0.2) is 24.6 Å². The average Bonchev–Trinajstić information content (AvgIpc) is 2.35. The minimum Gasteiger partial charge on any atom is -0.496 e. The van der Waals surface area contributed by atoms with Crippen LogP contribution in [0.5, 0.6) is 5.75 Å². The van der Waals surface area contributed by atoms with Crippen LogP contribution in [0.1, 0.15) is 13.8 Å². The molecule has 0 aliphatic heterocycles. The summed E-state index contributed by atoms with van der Waals surface area (Å²) in [7, 11) is 1.47. The fraction of sp³-hybridized carbons (Fsp3) is 0.500. The van der Waals surface area contributed by atoms with Crippen molar-refractivity contribution in [2.75, 3.05) is 19.0 Å². The maximum Gasteiger partial charge on any atom is 0.275 e. The lowest BCUT2D eigenvalue weighted by Gasteiger charge is -2.17. The van der Waals surface area contributed by atoms with Gasteiger partial charge in [-0.1, -0.05) is 13.8 Å². The van der Waals surface area contributed by atoms with Crippen LogP contribution in [0, 0.1) is 16.0 Å². The number of nitrogens with two attached hydrogens (primary N) is 1. The molecule has 0 radical (unpaired) electrons. The Morgan fingerprint density at radius 2 is 2.11 bits per heavy atom. The van der Waals surface area contributed by atoms with E-state index < -0.39 is 4.92 Å². The van der Waals surface area contributed by atoms with Gasteiger partial charge in [-0.3, -0.25) is 10.1 Å². The summed E-state index contributed by atoms with van der Waals surface area (Å²) in [5.74, 6) is 0.794. The summed E-state index contributed by atoms with van der Waals surface area (Å²) < 4.78 is 5.02. The van der Waals surface area contributed by atoms with Gasteiger partial charge >= 0.3 is 0 Å². The van der Waals surface area contributed by atoms with E-state index in [1.807, 2.05) is 13.8 Å². The highest BCUT2D eigenvalue weighted by Gasteiger charge is 2.12. The summed E-state index contributed by atoms with van der Waals surface area (Å²) in [5, 5.41) is 13.9. The first kappa shape index (κ1) is 14.2. The summed E-state index contributed by atoms with van der Waals surface area (Å²) in [4.78, 5) is 10.3. The summed E-state index contributed by atoms with van der Waals surface area (Å²) in [5.41, 5.74) is 6.54. The summed E-state index contributed by atoms with van der Waals surface area (Å²) >= 11 is 0. The molecule has 0 aromatic heterocycles. The lowest BCUT2D eigenvalue weighted by molar-refractivity contribution is -0.384. The maximum absolute atomic E-state index is 10.8. The Hall–Kier alpha value is -1.82. The number of ether oxygens (including phenoxy) is 1. The highest BCUT2D eigenvalue weighted by atomic mass is 16.6. The first-order chi connectivity index (χ1) is 8.43. The van der Waals surface area contributed by atoms with E-state index in [2.05, 4.69) is 5.32 Å². The van der Waals surface area contributed by atoms with Crippen molar-refractivity contribution in [3.05, 3.63) is 28.3 Å². The van der Waals surface area contributed by atoms with Crippen LogP contribution < -0.4 is 15.8 Å². The largest absolute Gasteiger partial charge is 0.496 e. The molecule has 0 amide bonds. The molecule has 1 atom stereocenters. The molecule has 0 heterocycles. The van der Waals surface area contributed by atoms with Gasteiger partial charge in [0.05, 0.1) is 18.1 Å². The van der Waals surface area contributed by atoms with Crippen molar-refractivity contribution in [3.8, 4) is 5.75 Å². The van der Waals surface area contributed by atoms with Gasteiger partial charge in [-0.05, 0) is 5.92 Å². The van der Waals surface area contributed by atoms with E-state index in [1.165, 1.54) is 19.2 Å². The average molecular weight is 253 g/mol. The highest BCUT2D eigenvalue weighted by molar-refractivity contribution is 5.56. The fourth-order valence-electron chi connectivity index (χ4n) is 1.38. The Morgan fingerprint density at radius 3 is 2.61 bits per heavy atom. The van der Waals surface area contributed by atoms with Gasteiger partial charge in [0.15, 0.2) is 0 Å². The molecule has 0 saturated carbocycles. The molecule has 100 valence electrons. The second kappa shape index (κ2) is 6.20. The van der Waals surface area contributed by atoms with Gasteiger partial charge in [-0.2, -0.15) is 0 Å². The normalized spacial score (nSPS) is 12.3. The van der Waals surface area contributed by atoms with Gasteiger partial charge < -0.3 is 15.8 Å². The number of nitrogens with one attached hydrogen (secondary N) is 1. The van der Waals surface area contributed by atoms with Crippen LogP contribution >= 0.6 is 0 Å². The quantitative estimate of drug-likeness (QED) is 0.597. The Kier molecular flexibility index (Phi) is 4.91. The third-order valence-electron chi connectivity index (χ3n) is 2.74.